The zero-order valence-corrected chi connectivity index (χ0v) is 13.4. The van der Waals surface area contributed by atoms with Gasteiger partial charge >= 0.3 is 0 Å². The molecular weight excluding hydrogens is 310 g/mol. The number of likely N-dealkylation sites (N-methyl/N-ethyl adjacent to an activating group) is 1. The molecule has 0 bridgehead atoms. The molecule has 7 nitrogen and oxygen atoms in total. The van der Waals surface area contributed by atoms with Crippen molar-refractivity contribution in [3.05, 3.63) is 42.2 Å². The topological polar surface area (TPSA) is 98.7 Å². The summed E-state index contributed by atoms with van der Waals surface area (Å²) in [6.07, 6.45) is -0.536. The number of hydrogen-bond acceptors (Lipinski definition) is 5. The predicted molar refractivity (Wildman–Crippen MR) is 87.4 cm³/mol. The number of ether oxygens (including phenoxy) is 1. The number of aliphatic hydroxyl groups excluding tert-OH is 2. The van der Waals surface area contributed by atoms with Gasteiger partial charge in [0.1, 0.15) is 23.7 Å². The van der Waals surface area contributed by atoms with Gasteiger partial charge < -0.3 is 24.8 Å². The molecule has 2 aromatic rings. The number of rotatable bonds is 4. The molecule has 24 heavy (non-hydrogen) atoms. The van der Waals surface area contributed by atoms with E-state index in [0.29, 0.717) is 18.1 Å². The van der Waals surface area contributed by atoms with Crippen molar-refractivity contribution >= 4 is 5.91 Å². The van der Waals surface area contributed by atoms with Gasteiger partial charge in [-0.2, -0.15) is 0 Å². The van der Waals surface area contributed by atoms with Gasteiger partial charge in [0.25, 0.3) is 5.91 Å². The zero-order valence-electron chi connectivity index (χ0n) is 13.4. The van der Waals surface area contributed by atoms with Crippen LogP contribution in [-0.2, 0) is 4.74 Å². The van der Waals surface area contributed by atoms with E-state index in [0.717, 1.165) is 5.56 Å². The summed E-state index contributed by atoms with van der Waals surface area (Å²) >= 11 is 0. The molecule has 128 valence electrons. The number of aromatic nitrogens is 2. The fourth-order valence-corrected chi connectivity index (χ4v) is 2.89. The molecule has 0 unspecified atom stereocenters. The molecule has 1 aliphatic rings. The molecule has 2 heterocycles. The summed E-state index contributed by atoms with van der Waals surface area (Å²) in [7, 11) is 0. The summed E-state index contributed by atoms with van der Waals surface area (Å²) in [5.74, 6) is 0.324. The average Bonchev–Trinajstić information content (AvgIpc) is 3.10. The Morgan fingerprint density at radius 1 is 1.33 bits per heavy atom. The molecule has 1 aromatic carbocycles. The Bertz CT molecular complexity index is 688. The van der Waals surface area contributed by atoms with Crippen molar-refractivity contribution < 1.29 is 19.7 Å². The number of H-pyrrole nitrogens is 1. The average molecular weight is 331 g/mol. The molecule has 3 atom stereocenters. The van der Waals surface area contributed by atoms with Gasteiger partial charge in [-0.3, -0.25) is 4.79 Å². The molecule has 1 aromatic heterocycles. The van der Waals surface area contributed by atoms with Crippen LogP contribution < -0.4 is 0 Å². The van der Waals surface area contributed by atoms with Gasteiger partial charge in [-0.15, -0.1) is 0 Å². The summed E-state index contributed by atoms with van der Waals surface area (Å²) in [5.41, 5.74) is 1.22. The van der Waals surface area contributed by atoms with Crippen LogP contribution in [0.2, 0.25) is 0 Å². The van der Waals surface area contributed by atoms with Gasteiger partial charge in [-0.25, -0.2) is 4.98 Å². The molecule has 7 heteroatoms. The molecule has 1 aliphatic heterocycles. The van der Waals surface area contributed by atoms with E-state index in [9.17, 15) is 15.0 Å². The lowest BCUT2D eigenvalue weighted by atomic mass is 10.0. The van der Waals surface area contributed by atoms with Crippen LogP contribution in [0.15, 0.2) is 36.5 Å². The monoisotopic (exact) mass is 331 g/mol. The van der Waals surface area contributed by atoms with E-state index in [1.165, 1.54) is 11.1 Å². The molecule has 0 radical (unpaired) electrons. The molecule has 0 spiro atoms. The number of aromatic amines is 1. The normalized spacial score (nSPS) is 23.9. The highest BCUT2D eigenvalue weighted by atomic mass is 16.5. The van der Waals surface area contributed by atoms with Crippen LogP contribution in [0.5, 0.6) is 0 Å². The lowest BCUT2D eigenvalue weighted by Crippen LogP contribution is -2.57. The first-order chi connectivity index (χ1) is 11.6. The number of carbonyl (C=O) groups excluding carboxylic acids is 1. The third kappa shape index (κ3) is 3.19. The molecule has 1 amide bonds. The van der Waals surface area contributed by atoms with Crippen LogP contribution >= 0.6 is 0 Å². The quantitative estimate of drug-likeness (QED) is 0.764. The highest BCUT2D eigenvalue weighted by Gasteiger charge is 2.37. The standard InChI is InChI=1S/C17H21N3O4/c1-2-20(13-9-24-10-14(21)15(13)22)17(23)12-8-18-16(19-12)11-6-4-3-5-7-11/h3-8,13-15,21-22H,2,9-10H2,1H3,(H,18,19)/t13-,14-,15+/m1/s1. The van der Waals surface area contributed by atoms with Crippen LogP contribution in [-0.4, -0.2) is 69.0 Å². The van der Waals surface area contributed by atoms with Gasteiger partial charge in [-0.1, -0.05) is 30.3 Å². The van der Waals surface area contributed by atoms with E-state index in [4.69, 9.17) is 4.74 Å². The molecule has 0 saturated carbocycles. The minimum Gasteiger partial charge on any atom is -0.388 e. The van der Waals surface area contributed by atoms with Crippen LogP contribution in [0.4, 0.5) is 0 Å². The molecule has 3 N–H and O–H groups in total. The van der Waals surface area contributed by atoms with Gasteiger partial charge in [0, 0.05) is 12.1 Å². The molecule has 0 aliphatic carbocycles. The summed E-state index contributed by atoms with van der Waals surface area (Å²) in [6.45, 7) is 2.47. The van der Waals surface area contributed by atoms with Crippen molar-refractivity contribution in [2.75, 3.05) is 19.8 Å². The number of nitrogens with one attached hydrogen (secondary N) is 1. The second kappa shape index (κ2) is 7.12. The fourth-order valence-electron chi connectivity index (χ4n) is 2.89. The fraction of sp³-hybridized carbons (Fsp3) is 0.412. The molecule has 3 rings (SSSR count). The van der Waals surface area contributed by atoms with Gasteiger partial charge in [0.15, 0.2) is 0 Å². The van der Waals surface area contributed by atoms with E-state index in [1.54, 1.807) is 0 Å². The first-order valence-electron chi connectivity index (χ1n) is 7.97. The Kier molecular flexibility index (Phi) is 4.94. The minimum absolute atomic E-state index is 0.0750. The zero-order chi connectivity index (χ0) is 17.1. The highest BCUT2D eigenvalue weighted by molar-refractivity contribution is 5.93. The lowest BCUT2D eigenvalue weighted by molar-refractivity contribution is -0.125. The number of hydrogen-bond donors (Lipinski definition) is 3. The Balaban J connectivity index is 1.81. The Morgan fingerprint density at radius 2 is 2.08 bits per heavy atom. The first-order valence-corrected chi connectivity index (χ1v) is 7.97. The van der Waals surface area contributed by atoms with E-state index >= 15 is 0 Å². The summed E-state index contributed by atoms with van der Waals surface area (Å²) in [5, 5.41) is 19.9. The number of nitrogens with zero attached hydrogens (tertiary/aromatic N) is 2. The van der Waals surface area contributed by atoms with Crippen molar-refractivity contribution in [3.8, 4) is 11.4 Å². The van der Waals surface area contributed by atoms with Crippen LogP contribution in [0.1, 0.15) is 17.4 Å². The highest BCUT2D eigenvalue weighted by Crippen LogP contribution is 2.19. The predicted octanol–water partition coefficient (Wildman–Crippen LogP) is 0.659. The van der Waals surface area contributed by atoms with E-state index in [1.807, 2.05) is 37.3 Å². The largest absolute Gasteiger partial charge is 0.388 e. The minimum atomic E-state index is -1.03. The second-order valence-corrected chi connectivity index (χ2v) is 5.77. The maximum Gasteiger partial charge on any atom is 0.272 e. The van der Waals surface area contributed by atoms with E-state index in [2.05, 4.69) is 9.97 Å². The number of benzene rings is 1. The lowest BCUT2D eigenvalue weighted by Gasteiger charge is -2.38. The smallest absolute Gasteiger partial charge is 0.272 e. The van der Waals surface area contributed by atoms with Crippen molar-refractivity contribution in [2.24, 2.45) is 0 Å². The number of amides is 1. The molecule has 1 fully saturated rings. The number of carbonyl (C=O) groups is 1. The summed E-state index contributed by atoms with van der Waals surface area (Å²) < 4.78 is 5.28. The molecular formula is C17H21N3O4. The Hall–Kier alpha value is -2.22. The third-order valence-corrected chi connectivity index (χ3v) is 4.22. The van der Waals surface area contributed by atoms with Crippen molar-refractivity contribution in [1.29, 1.82) is 0 Å². The molecule has 1 saturated heterocycles. The second-order valence-electron chi connectivity index (χ2n) is 5.77. The summed E-state index contributed by atoms with van der Waals surface area (Å²) in [4.78, 5) is 21.6. The maximum atomic E-state index is 12.8. The maximum absolute atomic E-state index is 12.8. The summed E-state index contributed by atoms with van der Waals surface area (Å²) in [6, 6.07) is 8.92. The van der Waals surface area contributed by atoms with Gasteiger partial charge in [0.05, 0.1) is 25.5 Å². The van der Waals surface area contributed by atoms with Crippen LogP contribution in [0.25, 0.3) is 11.4 Å². The third-order valence-electron chi connectivity index (χ3n) is 4.22. The van der Waals surface area contributed by atoms with Gasteiger partial charge in [-0.05, 0) is 6.92 Å². The number of aliphatic hydroxyl groups is 2. The number of imidazole rings is 1. The Labute approximate surface area is 139 Å². The van der Waals surface area contributed by atoms with Crippen molar-refractivity contribution in [3.63, 3.8) is 0 Å². The van der Waals surface area contributed by atoms with E-state index < -0.39 is 18.2 Å². The van der Waals surface area contributed by atoms with Gasteiger partial charge in [0.2, 0.25) is 0 Å². The van der Waals surface area contributed by atoms with Crippen molar-refractivity contribution in [1.82, 2.24) is 14.9 Å². The van der Waals surface area contributed by atoms with Crippen LogP contribution in [0.3, 0.4) is 0 Å². The SMILES string of the molecule is CCN(C(=O)c1cnc(-c2ccccc2)[nH]1)[C@@H]1COC[C@@H](O)[C@H]1O. The Morgan fingerprint density at radius 3 is 2.79 bits per heavy atom. The van der Waals surface area contributed by atoms with E-state index in [-0.39, 0.29) is 19.1 Å². The first kappa shape index (κ1) is 16.6. The van der Waals surface area contributed by atoms with Crippen molar-refractivity contribution in [2.45, 2.75) is 25.2 Å². The van der Waals surface area contributed by atoms with Crippen LogP contribution in [0, 0.1) is 0 Å².